The van der Waals surface area contributed by atoms with Crippen molar-refractivity contribution in [3.63, 3.8) is 0 Å². The molecule has 5 nitrogen and oxygen atoms in total. The molecule has 0 bridgehead atoms. The van der Waals surface area contributed by atoms with Crippen molar-refractivity contribution in [2.24, 2.45) is 5.41 Å². The molecule has 0 saturated carbocycles. The summed E-state index contributed by atoms with van der Waals surface area (Å²) in [5.74, 6) is -0.117. The van der Waals surface area contributed by atoms with Gasteiger partial charge in [-0.05, 0) is 63.0 Å². The Labute approximate surface area is 179 Å². The fraction of sp³-hybridized carbons (Fsp3) is 0.650. The monoisotopic (exact) mass is 435 g/mol. The first-order chi connectivity index (χ1) is 12.6. The number of likely N-dealkylation sites (tertiary alicyclic amines) is 1. The lowest BCUT2D eigenvalue weighted by atomic mass is 9.79. The van der Waals surface area contributed by atoms with Gasteiger partial charge in [0.15, 0.2) is 0 Å². The highest BCUT2D eigenvalue weighted by Crippen LogP contribution is 2.28. The molecular weight excluding hydrogens is 404 g/mol. The first-order valence-electron chi connectivity index (χ1n) is 9.58. The van der Waals surface area contributed by atoms with E-state index in [9.17, 15) is 9.18 Å². The van der Waals surface area contributed by atoms with Gasteiger partial charge in [0.2, 0.25) is 5.91 Å². The second-order valence-electron chi connectivity index (χ2n) is 7.66. The van der Waals surface area contributed by atoms with Gasteiger partial charge in [-0.15, -0.1) is 24.8 Å². The molecule has 2 fully saturated rings. The molecule has 2 aliphatic heterocycles. The van der Waals surface area contributed by atoms with Crippen molar-refractivity contribution >= 4 is 30.7 Å². The Hall–Kier alpha value is -0.920. The van der Waals surface area contributed by atoms with Crippen LogP contribution in [0, 0.1) is 11.2 Å². The van der Waals surface area contributed by atoms with Crippen LogP contribution in [0.2, 0.25) is 0 Å². The van der Waals surface area contributed by atoms with Gasteiger partial charge >= 0.3 is 0 Å². The van der Waals surface area contributed by atoms with Crippen molar-refractivity contribution in [1.82, 2.24) is 15.5 Å². The molecule has 1 aromatic carbocycles. The molecule has 2 N–H and O–H groups in total. The molecule has 1 aromatic rings. The van der Waals surface area contributed by atoms with Crippen molar-refractivity contribution in [1.29, 1.82) is 0 Å². The number of benzene rings is 1. The predicted molar refractivity (Wildman–Crippen MR) is 114 cm³/mol. The minimum absolute atomic E-state index is 0. The minimum atomic E-state index is -0.227. The molecular formula is C20H32Cl2FN3O2. The van der Waals surface area contributed by atoms with E-state index < -0.39 is 0 Å². The van der Waals surface area contributed by atoms with Gasteiger partial charge in [0.05, 0.1) is 12.6 Å². The zero-order valence-corrected chi connectivity index (χ0v) is 18.0. The SMILES string of the molecule is COCC1(CNC(=O)C2CCCN2Cc2ccc(F)cc2)CCNCC1.Cl.Cl. The summed E-state index contributed by atoms with van der Waals surface area (Å²) >= 11 is 0. The molecule has 2 aliphatic rings. The number of nitrogens with zero attached hydrogens (tertiary/aromatic N) is 1. The fourth-order valence-corrected chi connectivity index (χ4v) is 4.16. The molecule has 0 aliphatic carbocycles. The van der Waals surface area contributed by atoms with Crippen LogP contribution in [0.15, 0.2) is 24.3 Å². The maximum Gasteiger partial charge on any atom is 0.237 e. The van der Waals surface area contributed by atoms with Gasteiger partial charge in [0.1, 0.15) is 5.82 Å². The summed E-state index contributed by atoms with van der Waals surface area (Å²) in [4.78, 5) is 15.0. The first-order valence-corrected chi connectivity index (χ1v) is 9.58. The summed E-state index contributed by atoms with van der Waals surface area (Å²) in [6, 6.07) is 6.45. The smallest absolute Gasteiger partial charge is 0.237 e. The van der Waals surface area contributed by atoms with E-state index in [-0.39, 0.29) is 48.0 Å². The third-order valence-electron chi connectivity index (χ3n) is 5.72. The molecule has 0 radical (unpaired) electrons. The Morgan fingerprint density at radius 1 is 1.29 bits per heavy atom. The Morgan fingerprint density at radius 2 is 1.96 bits per heavy atom. The van der Waals surface area contributed by atoms with E-state index in [0.29, 0.717) is 19.7 Å². The summed E-state index contributed by atoms with van der Waals surface area (Å²) in [7, 11) is 1.73. The maximum atomic E-state index is 13.1. The highest BCUT2D eigenvalue weighted by atomic mass is 35.5. The molecule has 1 atom stereocenters. The van der Waals surface area contributed by atoms with E-state index in [0.717, 1.165) is 50.9 Å². The topological polar surface area (TPSA) is 53.6 Å². The Morgan fingerprint density at radius 3 is 2.61 bits per heavy atom. The van der Waals surface area contributed by atoms with Gasteiger partial charge in [-0.1, -0.05) is 12.1 Å². The van der Waals surface area contributed by atoms with E-state index in [1.54, 1.807) is 19.2 Å². The molecule has 0 aromatic heterocycles. The van der Waals surface area contributed by atoms with Crippen LogP contribution >= 0.6 is 24.8 Å². The van der Waals surface area contributed by atoms with Crippen LogP contribution in [0.3, 0.4) is 0 Å². The standard InChI is InChI=1S/C20H30FN3O2.2ClH/c1-26-15-20(8-10-22-11-9-20)14-23-19(25)18-3-2-12-24(18)13-16-4-6-17(21)7-5-16;;/h4-7,18,22H,2-3,8-15H2,1H3,(H,23,25);2*1H. The number of ether oxygens (including phenoxy) is 1. The third kappa shape index (κ3) is 6.56. The molecule has 2 heterocycles. The van der Waals surface area contributed by atoms with Crippen LogP contribution in [-0.2, 0) is 16.1 Å². The van der Waals surface area contributed by atoms with Crippen LogP contribution in [0.4, 0.5) is 4.39 Å². The van der Waals surface area contributed by atoms with Crippen LogP contribution in [0.25, 0.3) is 0 Å². The van der Waals surface area contributed by atoms with Crippen LogP contribution in [0.5, 0.6) is 0 Å². The lowest BCUT2D eigenvalue weighted by Gasteiger charge is -2.37. The van der Waals surface area contributed by atoms with E-state index in [4.69, 9.17) is 4.74 Å². The summed E-state index contributed by atoms with van der Waals surface area (Å²) in [5, 5.41) is 6.57. The average molecular weight is 436 g/mol. The number of halogens is 3. The number of rotatable bonds is 7. The number of carbonyl (C=O) groups is 1. The molecule has 1 amide bonds. The number of amides is 1. The summed E-state index contributed by atoms with van der Waals surface area (Å²) in [6.07, 6.45) is 3.94. The van der Waals surface area contributed by atoms with Gasteiger partial charge in [-0.3, -0.25) is 9.69 Å². The molecule has 8 heteroatoms. The lowest BCUT2D eigenvalue weighted by molar-refractivity contribution is -0.126. The fourth-order valence-electron chi connectivity index (χ4n) is 4.16. The van der Waals surface area contributed by atoms with Crippen molar-refractivity contribution in [3.05, 3.63) is 35.6 Å². The highest BCUT2D eigenvalue weighted by Gasteiger charge is 2.35. The zero-order valence-electron chi connectivity index (χ0n) is 16.4. The molecule has 1 unspecified atom stereocenters. The largest absolute Gasteiger partial charge is 0.384 e. The average Bonchev–Trinajstić information content (AvgIpc) is 3.11. The third-order valence-corrected chi connectivity index (χ3v) is 5.72. The van der Waals surface area contributed by atoms with E-state index in [1.165, 1.54) is 12.1 Å². The lowest BCUT2D eigenvalue weighted by Crippen LogP contribution is -2.50. The zero-order chi connectivity index (χ0) is 18.4. The maximum absolute atomic E-state index is 13.1. The first kappa shape index (κ1) is 25.1. The minimum Gasteiger partial charge on any atom is -0.384 e. The van der Waals surface area contributed by atoms with E-state index in [1.807, 2.05) is 0 Å². The van der Waals surface area contributed by atoms with E-state index in [2.05, 4.69) is 15.5 Å². The Bertz CT molecular complexity index is 592. The van der Waals surface area contributed by atoms with Crippen LogP contribution in [-0.4, -0.2) is 56.7 Å². The summed E-state index contributed by atoms with van der Waals surface area (Å²) in [5.41, 5.74) is 1.08. The summed E-state index contributed by atoms with van der Waals surface area (Å²) in [6.45, 7) is 4.88. The van der Waals surface area contributed by atoms with Crippen molar-refractivity contribution in [2.45, 2.75) is 38.3 Å². The second-order valence-corrected chi connectivity index (χ2v) is 7.66. The van der Waals surface area contributed by atoms with Crippen molar-refractivity contribution in [3.8, 4) is 0 Å². The van der Waals surface area contributed by atoms with E-state index >= 15 is 0 Å². The van der Waals surface area contributed by atoms with Gasteiger partial charge in [0, 0.05) is 25.6 Å². The van der Waals surface area contributed by atoms with Gasteiger partial charge in [-0.25, -0.2) is 4.39 Å². The number of hydrogen-bond acceptors (Lipinski definition) is 4. The number of nitrogens with one attached hydrogen (secondary N) is 2. The van der Waals surface area contributed by atoms with Crippen LogP contribution < -0.4 is 10.6 Å². The molecule has 2 saturated heterocycles. The highest BCUT2D eigenvalue weighted by molar-refractivity contribution is 5.85. The molecule has 28 heavy (non-hydrogen) atoms. The van der Waals surface area contributed by atoms with Crippen LogP contribution in [0.1, 0.15) is 31.2 Å². The Kier molecular flexibility index (Phi) is 10.7. The number of carbonyl (C=O) groups excluding carboxylic acids is 1. The normalized spacial score (nSPS) is 21.4. The Balaban J connectivity index is 0.00000196. The number of methoxy groups -OCH3 is 1. The van der Waals surface area contributed by atoms with Crippen molar-refractivity contribution in [2.75, 3.05) is 39.9 Å². The molecule has 3 rings (SSSR count). The van der Waals surface area contributed by atoms with Gasteiger partial charge in [0.25, 0.3) is 0 Å². The number of piperidine rings is 1. The summed E-state index contributed by atoms with van der Waals surface area (Å²) < 4.78 is 18.5. The molecule has 160 valence electrons. The van der Waals surface area contributed by atoms with Gasteiger partial charge < -0.3 is 15.4 Å². The van der Waals surface area contributed by atoms with Crippen molar-refractivity contribution < 1.29 is 13.9 Å². The quantitative estimate of drug-likeness (QED) is 0.691. The number of hydrogen-bond donors (Lipinski definition) is 2. The second kappa shape index (κ2) is 11.9. The van der Waals surface area contributed by atoms with Gasteiger partial charge in [-0.2, -0.15) is 0 Å². The molecule has 0 spiro atoms. The predicted octanol–water partition coefficient (Wildman–Crippen LogP) is 2.77.